The first-order valence-corrected chi connectivity index (χ1v) is 8.68. The quantitative estimate of drug-likeness (QED) is 0.785. The lowest BCUT2D eigenvalue weighted by Crippen LogP contribution is -2.40. The summed E-state index contributed by atoms with van der Waals surface area (Å²) in [5, 5.41) is 0. The Hall–Kier alpha value is -0.930. The van der Waals surface area contributed by atoms with Crippen molar-refractivity contribution in [2.75, 3.05) is 26.3 Å². The van der Waals surface area contributed by atoms with Crippen molar-refractivity contribution >= 4 is 17.2 Å². The Balaban J connectivity index is 1.63. The van der Waals surface area contributed by atoms with Crippen molar-refractivity contribution in [3.05, 3.63) is 35.4 Å². The molecule has 3 rings (SSSR count). The van der Waals surface area contributed by atoms with Crippen molar-refractivity contribution in [1.82, 2.24) is 4.90 Å². The van der Waals surface area contributed by atoms with Gasteiger partial charge in [-0.05, 0) is 29.9 Å². The predicted molar refractivity (Wildman–Crippen MR) is 91.0 cm³/mol. The van der Waals surface area contributed by atoms with Crippen LogP contribution in [0.2, 0.25) is 0 Å². The van der Waals surface area contributed by atoms with Gasteiger partial charge in [-0.1, -0.05) is 55.7 Å². The summed E-state index contributed by atoms with van der Waals surface area (Å²) in [4.78, 5) is 3.37. The van der Waals surface area contributed by atoms with Gasteiger partial charge in [0.05, 0.1) is 18.2 Å². The van der Waals surface area contributed by atoms with E-state index in [0.29, 0.717) is 0 Å². The van der Waals surface area contributed by atoms with Crippen LogP contribution in [0.5, 0.6) is 0 Å². The lowest BCUT2D eigenvalue weighted by molar-refractivity contribution is 0.0684. The third kappa shape index (κ3) is 4.04. The van der Waals surface area contributed by atoms with Crippen LogP contribution >= 0.6 is 12.2 Å². The minimum Gasteiger partial charge on any atom is -0.378 e. The smallest absolute Gasteiger partial charge is 0.0825 e. The molecule has 1 aliphatic carbocycles. The first-order chi connectivity index (χ1) is 10.3. The fourth-order valence-corrected chi connectivity index (χ4v) is 3.84. The molecule has 1 heterocycles. The second-order valence-corrected chi connectivity index (χ2v) is 6.72. The van der Waals surface area contributed by atoms with Gasteiger partial charge in [0, 0.05) is 19.5 Å². The third-order valence-electron chi connectivity index (χ3n) is 4.75. The van der Waals surface area contributed by atoms with Crippen molar-refractivity contribution < 1.29 is 4.74 Å². The summed E-state index contributed by atoms with van der Waals surface area (Å²) in [6.45, 7) is 3.51. The molecule has 21 heavy (non-hydrogen) atoms. The molecule has 1 aromatic rings. The highest BCUT2D eigenvalue weighted by Gasteiger charge is 2.17. The maximum absolute atomic E-state index is 5.63. The molecule has 3 heteroatoms. The van der Waals surface area contributed by atoms with Crippen molar-refractivity contribution in [2.24, 2.45) is 0 Å². The fraction of sp³-hybridized carbons (Fsp3) is 0.611. The van der Waals surface area contributed by atoms with Crippen molar-refractivity contribution in [1.29, 1.82) is 0 Å². The monoisotopic (exact) mass is 303 g/mol. The highest BCUT2D eigenvalue weighted by molar-refractivity contribution is 7.80. The van der Waals surface area contributed by atoms with E-state index in [9.17, 15) is 0 Å². The molecule has 1 saturated carbocycles. The highest BCUT2D eigenvalue weighted by Crippen LogP contribution is 2.32. The van der Waals surface area contributed by atoms with E-state index in [2.05, 4.69) is 29.2 Å². The molecule has 0 unspecified atom stereocenters. The molecular formula is C18H25NOS. The van der Waals surface area contributed by atoms with Gasteiger partial charge < -0.3 is 9.64 Å². The van der Waals surface area contributed by atoms with Gasteiger partial charge in [0.25, 0.3) is 0 Å². The maximum atomic E-state index is 5.63. The number of morpholine rings is 1. The summed E-state index contributed by atoms with van der Waals surface area (Å²) in [5.74, 6) is 0.774. The number of hydrogen-bond acceptors (Lipinski definition) is 2. The molecule has 0 bridgehead atoms. The zero-order chi connectivity index (χ0) is 14.5. The molecule has 2 fully saturated rings. The van der Waals surface area contributed by atoms with E-state index in [4.69, 9.17) is 17.0 Å². The van der Waals surface area contributed by atoms with Gasteiger partial charge in [-0.15, -0.1) is 0 Å². The summed E-state index contributed by atoms with van der Waals surface area (Å²) in [6.07, 6.45) is 7.81. The van der Waals surface area contributed by atoms with Crippen molar-refractivity contribution in [3.8, 4) is 0 Å². The second-order valence-electron chi connectivity index (χ2n) is 6.25. The van der Waals surface area contributed by atoms with Crippen LogP contribution in [-0.4, -0.2) is 36.2 Å². The van der Waals surface area contributed by atoms with E-state index >= 15 is 0 Å². The summed E-state index contributed by atoms with van der Waals surface area (Å²) >= 11 is 5.63. The third-order valence-corrected chi connectivity index (χ3v) is 5.15. The average molecular weight is 303 g/mol. The Labute approximate surface area is 133 Å². The Bertz CT molecular complexity index is 476. The summed E-state index contributed by atoms with van der Waals surface area (Å²) in [7, 11) is 0. The van der Waals surface area contributed by atoms with Crippen LogP contribution in [0.1, 0.15) is 49.1 Å². The van der Waals surface area contributed by atoms with Gasteiger partial charge >= 0.3 is 0 Å². The van der Waals surface area contributed by atoms with Gasteiger partial charge in [0.1, 0.15) is 0 Å². The fourth-order valence-electron chi connectivity index (χ4n) is 3.49. The molecule has 2 aliphatic rings. The zero-order valence-corrected chi connectivity index (χ0v) is 13.5. The second kappa shape index (κ2) is 7.37. The number of rotatable bonds is 3. The normalized spacial score (nSPS) is 20.5. The minimum absolute atomic E-state index is 0.774. The van der Waals surface area contributed by atoms with E-state index in [-0.39, 0.29) is 0 Å². The van der Waals surface area contributed by atoms with Gasteiger partial charge in [0.15, 0.2) is 0 Å². The molecule has 0 spiro atoms. The minimum atomic E-state index is 0.774. The summed E-state index contributed by atoms with van der Waals surface area (Å²) < 4.78 is 5.40. The number of ether oxygens (including phenoxy) is 1. The largest absolute Gasteiger partial charge is 0.378 e. The number of thiocarbonyl (C=S) groups is 1. The molecule has 2 nitrogen and oxygen atoms in total. The average Bonchev–Trinajstić information content (AvgIpc) is 2.57. The first kappa shape index (κ1) is 15.0. The van der Waals surface area contributed by atoms with Crippen molar-refractivity contribution in [3.63, 3.8) is 0 Å². The Morgan fingerprint density at radius 1 is 1.14 bits per heavy atom. The van der Waals surface area contributed by atoms with Gasteiger partial charge in [0.2, 0.25) is 0 Å². The van der Waals surface area contributed by atoms with Crippen LogP contribution in [0.4, 0.5) is 0 Å². The van der Waals surface area contributed by atoms with E-state index in [1.165, 1.54) is 43.2 Å². The molecule has 1 aliphatic heterocycles. The molecule has 0 atom stereocenters. The lowest BCUT2D eigenvalue weighted by Gasteiger charge is -2.29. The van der Waals surface area contributed by atoms with Crippen LogP contribution in [0.25, 0.3) is 0 Å². The van der Waals surface area contributed by atoms with Gasteiger partial charge in [-0.2, -0.15) is 0 Å². The zero-order valence-electron chi connectivity index (χ0n) is 12.7. The number of benzene rings is 1. The van der Waals surface area contributed by atoms with Crippen LogP contribution in [0, 0.1) is 0 Å². The van der Waals surface area contributed by atoms with Gasteiger partial charge in [-0.3, -0.25) is 0 Å². The molecular weight excluding hydrogens is 278 g/mol. The number of nitrogens with zero attached hydrogens (tertiary/aromatic N) is 1. The molecule has 0 N–H and O–H groups in total. The van der Waals surface area contributed by atoms with E-state index in [1.807, 2.05) is 0 Å². The van der Waals surface area contributed by atoms with Crippen molar-refractivity contribution in [2.45, 2.75) is 44.4 Å². The van der Waals surface area contributed by atoms with Gasteiger partial charge in [-0.25, -0.2) is 0 Å². The Morgan fingerprint density at radius 3 is 2.67 bits per heavy atom. The van der Waals surface area contributed by atoms with Crippen LogP contribution in [0.15, 0.2) is 24.3 Å². The highest BCUT2D eigenvalue weighted by atomic mass is 32.1. The SMILES string of the molecule is S=C(Cc1cccc(C2CCCCC2)c1)N1CCOCC1. The van der Waals surface area contributed by atoms with Crippen LogP contribution in [0.3, 0.4) is 0 Å². The molecule has 0 radical (unpaired) electrons. The molecule has 0 aromatic heterocycles. The maximum Gasteiger partial charge on any atom is 0.0825 e. The summed E-state index contributed by atoms with van der Waals surface area (Å²) in [6, 6.07) is 9.13. The topological polar surface area (TPSA) is 12.5 Å². The van der Waals surface area contributed by atoms with E-state index in [1.54, 1.807) is 0 Å². The predicted octanol–water partition coefficient (Wildman–Crippen LogP) is 3.94. The standard InChI is InChI=1S/C18H25NOS/c21-18(19-9-11-20-12-10-19)14-15-5-4-8-17(13-15)16-6-2-1-3-7-16/h4-5,8,13,16H,1-3,6-7,9-12,14H2. The van der Waals surface area contributed by atoms with Crippen LogP contribution < -0.4 is 0 Å². The molecule has 1 saturated heterocycles. The Kier molecular flexibility index (Phi) is 5.26. The number of hydrogen-bond donors (Lipinski definition) is 0. The lowest BCUT2D eigenvalue weighted by atomic mass is 9.83. The van der Waals surface area contributed by atoms with E-state index < -0.39 is 0 Å². The first-order valence-electron chi connectivity index (χ1n) is 8.27. The molecule has 1 aromatic carbocycles. The molecule has 0 amide bonds. The Morgan fingerprint density at radius 2 is 1.90 bits per heavy atom. The van der Waals surface area contributed by atoms with Crippen LogP contribution in [-0.2, 0) is 11.2 Å². The summed E-state index contributed by atoms with van der Waals surface area (Å²) in [5.41, 5.74) is 2.89. The van der Waals surface area contributed by atoms with E-state index in [0.717, 1.165) is 43.6 Å². The molecule has 114 valence electrons.